The number of aromatic nitrogens is 1. The summed E-state index contributed by atoms with van der Waals surface area (Å²) in [6.07, 6.45) is 5.71. The van der Waals surface area contributed by atoms with Gasteiger partial charge in [0.1, 0.15) is 11.6 Å². The van der Waals surface area contributed by atoms with Crippen molar-refractivity contribution in [1.29, 1.82) is 0 Å². The molecule has 160 valence electrons. The molecule has 0 radical (unpaired) electrons. The summed E-state index contributed by atoms with van der Waals surface area (Å²) >= 11 is 0. The largest absolute Gasteiger partial charge is 0.508 e. The SMILES string of the molecule is Cc1ccc(O)cc1Nc1ccnc2c1C(=O)Cc1cc(CCCCCO)ccc1N2. The number of fused-ring (bicyclic) bond motifs is 2. The first-order valence-corrected chi connectivity index (χ1v) is 10.6. The van der Waals surface area contributed by atoms with Gasteiger partial charge in [0.2, 0.25) is 0 Å². The molecule has 0 amide bonds. The van der Waals surface area contributed by atoms with E-state index in [2.05, 4.69) is 27.8 Å². The summed E-state index contributed by atoms with van der Waals surface area (Å²) < 4.78 is 0. The van der Waals surface area contributed by atoms with Crippen molar-refractivity contribution in [3.05, 3.63) is 70.9 Å². The number of nitrogens with one attached hydrogen (secondary N) is 2. The number of unbranched alkanes of at least 4 members (excludes halogenated alkanes) is 2. The minimum absolute atomic E-state index is 0.00733. The number of anilines is 4. The molecule has 1 aliphatic heterocycles. The van der Waals surface area contributed by atoms with Crippen LogP contribution < -0.4 is 10.6 Å². The van der Waals surface area contributed by atoms with Crippen LogP contribution in [-0.4, -0.2) is 27.6 Å². The average Bonchev–Trinajstić information content (AvgIpc) is 2.89. The van der Waals surface area contributed by atoms with Gasteiger partial charge in [0.15, 0.2) is 5.78 Å². The fourth-order valence-corrected chi connectivity index (χ4v) is 3.91. The van der Waals surface area contributed by atoms with Crippen molar-refractivity contribution in [3.63, 3.8) is 0 Å². The van der Waals surface area contributed by atoms with Crippen LogP contribution in [0.3, 0.4) is 0 Å². The number of rotatable bonds is 7. The fourth-order valence-electron chi connectivity index (χ4n) is 3.91. The Balaban J connectivity index is 1.61. The molecule has 2 aromatic carbocycles. The summed E-state index contributed by atoms with van der Waals surface area (Å²) in [5.41, 5.74) is 5.93. The molecule has 6 heteroatoms. The van der Waals surface area contributed by atoms with Gasteiger partial charge in [-0.25, -0.2) is 4.98 Å². The summed E-state index contributed by atoms with van der Waals surface area (Å²) in [4.78, 5) is 17.7. The number of aryl methyl sites for hydroxylation is 2. The number of aromatic hydroxyl groups is 1. The van der Waals surface area contributed by atoms with Crippen molar-refractivity contribution >= 4 is 28.7 Å². The van der Waals surface area contributed by atoms with Gasteiger partial charge in [-0.1, -0.05) is 24.6 Å². The predicted molar refractivity (Wildman–Crippen MR) is 123 cm³/mol. The maximum atomic E-state index is 13.2. The molecular weight excluding hydrogens is 390 g/mol. The molecule has 2 heterocycles. The third-order valence-electron chi connectivity index (χ3n) is 5.62. The Morgan fingerprint density at radius 2 is 1.94 bits per heavy atom. The van der Waals surface area contributed by atoms with Crippen molar-refractivity contribution < 1.29 is 15.0 Å². The molecule has 1 aromatic heterocycles. The van der Waals surface area contributed by atoms with E-state index in [0.717, 1.165) is 48.2 Å². The van der Waals surface area contributed by atoms with E-state index in [1.54, 1.807) is 24.4 Å². The monoisotopic (exact) mass is 417 g/mol. The van der Waals surface area contributed by atoms with Crippen LogP contribution >= 0.6 is 0 Å². The summed E-state index contributed by atoms with van der Waals surface area (Å²) in [7, 11) is 0. The van der Waals surface area contributed by atoms with Gasteiger partial charge in [0.25, 0.3) is 0 Å². The summed E-state index contributed by atoms with van der Waals surface area (Å²) in [6.45, 7) is 2.17. The van der Waals surface area contributed by atoms with Crippen LogP contribution in [-0.2, 0) is 12.8 Å². The molecule has 6 nitrogen and oxygen atoms in total. The minimum atomic E-state index is -0.00733. The summed E-state index contributed by atoms with van der Waals surface area (Å²) in [5, 5.41) is 25.4. The zero-order valence-electron chi connectivity index (χ0n) is 17.6. The Morgan fingerprint density at radius 3 is 2.77 bits per heavy atom. The number of hydrogen-bond donors (Lipinski definition) is 4. The van der Waals surface area contributed by atoms with Crippen LogP contribution in [0.5, 0.6) is 5.75 Å². The van der Waals surface area contributed by atoms with Gasteiger partial charge >= 0.3 is 0 Å². The molecule has 0 atom stereocenters. The van der Waals surface area contributed by atoms with Crippen molar-refractivity contribution in [2.45, 2.75) is 39.0 Å². The lowest BCUT2D eigenvalue weighted by Gasteiger charge is -2.15. The quantitative estimate of drug-likeness (QED) is 0.403. The number of benzene rings is 2. The lowest BCUT2D eigenvalue weighted by molar-refractivity contribution is 0.0995. The summed E-state index contributed by atoms with van der Waals surface area (Å²) in [5.74, 6) is 0.686. The molecule has 0 fully saturated rings. The number of nitrogens with zero attached hydrogens (tertiary/aromatic N) is 1. The van der Waals surface area contributed by atoms with Gasteiger partial charge in [-0.05, 0) is 61.1 Å². The maximum absolute atomic E-state index is 13.2. The standard InChI is InChI=1S/C25H27N3O3/c1-16-6-8-19(30)15-22(16)27-21-10-11-26-25-24(21)23(31)14-18-13-17(5-3-2-4-12-29)7-9-20(18)28-25/h6-11,13,15,29-30H,2-5,12,14H2,1H3,(H2,26,27,28). The second-order valence-electron chi connectivity index (χ2n) is 7.96. The molecule has 0 bridgehead atoms. The smallest absolute Gasteiger partial charge is 0.173 e. The van der Waals surface area contributed by atoms with E-state index in [1.165, 1.54) is 5.56 Å². The van der Waals surface area contributed by atoms with Gasteiger partial charge in [-0.15, -0.1) is 0 Å². The second kappa shape index (κ2) is 9.18. The fraction of sp³-hybridized carbons (Fsp3) is 0.280. The first-order valence-electron chi connectivity index (χ1n) is 10.6. The van der Waals surface area contributed by atoms with E-state index in [-0.39, 0.29) is 18.1 Å². The Hall–Kier alpha value is -3.38. The normalized spacial score (nSPS) is 12.5. The van der Waals surface area contributed by atoms with Crippen LogP contribution in [0, 0.1) is 6.92 Å². The number of phenols is 1. The predicted octanol–water partition coefficient (Wildman–Crippen LogP) is 5.03. The number of carbonyl (C=O) groups is 1. The minimum Gasteiger partial charge on any atom is -0.508 e. The Bertz CT molecular complexity index is 1110. The van der Waals surface area contributed by atoms with Crippen LogP contribution in [0.15, 0.2) is 48.7 Å². The number of aliphatic hydroxyl groups excluding tert-OH is 1. The lowest BCUT2D eigenvalue weighted by atomic mass is 9.99. The maximum Gasteiger partial charge on any atom is 0.173 e. The Labute approximate surface area is 182 Å². The van der Waals surface area contributed by atoms with E-state index in [0.29, 0.717) is 23.5 Å². The first kappa shape index (κ1) is 20.9. The molecule has 3 aromatic rings. The third-order valence-corrected chi connectivity index (χ3v) is 5.62. The average molecular weight is 418 g/mol. The van der Waals surface area contributed by atoms with Crippen molar-refractivity contribution in [3.8, 4) is 5.75 Å². The highest BCUT2D eigenvalue weighted by Gasteiger charge is 2.24. The molecule has 4 N–H and O–H groups in total. The van der Waals surface area contributed by atoms with Crippen molar-refractivity contribution in [1.82, 2.24) is 4.98 Å². The molecule has 0 saturated heterocycles. The van der Waals surface area contributed by atoms with Crippen molar-refractivity contribution in [2.75, 3.05) is 17.2 Å². The lowest BCUT2D eigenvalue weighted by Crippen LogP contribution is -2.08. The van der Waals surface area contributed by atoms with Crippen LogP contribution in [0.2, 0.25) is 0 Å². The van der Waals surface area contributed by atoms with E-state index in [4.69, 9.17) is 5.11 Å². The van der Waals surface area contributed by atoms with E-state index < -0.39 is 0 Å². The van der Waals surface area contributed by atoms with Crippen molar-refractivity contribution in [2.24, 2.45) is 0 Å². The Morgan fingerprint density at radius 1 is 1.06 bits per heavy atom. The van der Waals surface area contributed by atoms with Gasteiger partial charge in [0.05, 0.1) is 11.3 Å². The molecule has 0 aliphatic carbocycles. The number of pyridine rings is 1. The van der Waals surface area contributed by atoms with Gasteiger partial charge in [-0.3, -0.25) is 4.79 Å². The Kier molecular flexibility index (Phi) is 6.18. The third kappa shape index (κ3) is 4.70. The van der Waals surface area contributed by atoms with E-state index >= 15 is 0 Å². The number of carbonyl (C=O) groups excluding carboxylic acids is 1. The topological polar surface area (TPSA) is 94.5 Å². The highest BCUT2D eigenvalue weighted by molar-refractivity contribution is 6.09. The molecule has 4 rings (SSSR count). The highest BCUT2D eigenvalue weighted by atomic mass is 16.3. The molecule has 31 heavy (non-hydrogen) atoms. The van der Waals surface area contributed by atoms with Gasteiger partial charge in [-0.2, -0.15) is 0 Å². The van der Waals surface area contributed by atoms with E-state index in [9.17, 15) is 9.90 Å². The number of Topliss-reactive ketones (excluding diaryl/α,β-unsaturated/α-hetero) is 1. The number of hydrogen-bond acceptors (Lipinski definition) is 6. The number of ketones is 1. The molecule has 0 spiro atoms. The number of aliphatic hydroxyl groups is 1. The molecule has 0 unspecified atom stereocenters. The van der Waals surface area contributed by atoms with Crippen LogP contribution in [0.4, 0.5) is 22.9 Å². The zero-order valence-corrected chi connectivity index (χ0v) is 17.6. The summed E-state index contributed by atoms with van der Waals surface area (Å²) in [6, 6.07) is 13.1. The zero-order chi connectivity index (χ0) is 21.8. The van der Waals surface area contributed by atoms with E-state index in [1.807, 2.05) is 19.1 Å². The molecule has 0 saturated carbocycles. The highest BCUT2D eigenvalue weighted by Crippen LogP contribution is 2.35. The number of phenolic OH excluding ortho intramolecular Hbond substituents is 1. The van der Waals surface area contributed by atoms with Gasteiger partial charge in [0, 0.05) is 36.7 Å². The molecule has 1 aliphatic rings. The first-order chi connectivity index (χ1) is 15.0. The van der Waals surface area contributed by atoms with Crippen LogP contribution in [0.25, 0.3) is 0 Å². The van der Waals surface area contributed by atoms with Crippen LogP contribution in [0.1, 0.15) is 46.3 Å². The van der Waals surface area contributed by atoms with Gasteiger partial charge < -0.3 is 20.8 Å². The molecular formula is C25H27N3O3. The second-order valence-corrected chi connectivity index (χ2v) is 7.96.